The number of amides is 1. The Kier molecular flexibility index (Phi) is 1.11. The lowest BCUT2D eigenvalue weighted by Gasteiger charge is -2.09. The highest BCUT2D eigenvalue weighted by Crippen LogP contribution is 2.38. The van der Waals surface area contributed by atoms with E-state index >= 15 is 0 Å². The molecular weight excluding hydrogens is 134 g/mol. The fraction of sp³-hybridized carbons (Fsp3) is 0.833. The normalized spacial score (nSPS) is 42.6. The van der Waals surface area contributed by atoms with Gasteiger partial charge in [-0.1, -0.05) is 0 Å². The van der Waals surface area contributed by atoms with Gasteiger partial charge in [0, 0.05) is 6.04 Å². The number of carbonyl (C=O) groups is 1. The van der Waals surface area contributed by atoms with Crippen molar-refractivity contribution in [3.63, 3.8) is 0 Å². The molecule has 2 fully saturated rings. The molecule has 0 spiro atoms. The van der Waals surface area contributed by atoms with Crippen molar-refractivity contribution in [3.8, 4) is 0 Å². The van der Waals surface area contributed by atoms with Gasteiger partial charge in [0.1, 0.15) is 0 Å². The van der Waals surface area contributed by atoms with Gasteiger partial charge in [-0.25, -0.2) is 4.79 Å². The lowest BCUT2D eigenvalue weighted by atomic mass is 10.2. The van der Waals surface area contributed by atoms with E-state index in [0.717, 1.165) is 12.8 Å². The maximum absolute atomic E-state index is 10.1. The van der Waals surface area contributed by atoms with Crippen LogP contribution >= 0.6 is 0 Å². The van der Waals surface area contributed by atoms with E-state index in [1.807, 2.05) is 0 Å². The number of epoxide rings is 1. The van der Waals surface area contributed by atoms with Crippen molar-refractivity contribution in [2.24, 2.45) is 0 Å². The van der Waals surface area contributed by atoms with E-state index < -0.39 is 6.09 Å². The van der Waals surface area contributed by atoms with E-state index in [4.69, 9.17) is 9.84 Å². The fourth-order valence-corrected chi connectivity index (χ4v) is 1.54. The molecule has 0 bridgehead atoms. The fourth-order valence-electron chi connectivity index (χ4n) is 1.54. The van der Waals surface area contributed by atoms with Crippen LogP contribution in [0.1, 0.15) is 12.8 Å². The van der Waals surface area contributed by atoms with Gasteiger partial charge in [0.15, 0.2) is 0 Å². The van der Waals surface area contributed by atoms with Crippen molar-refractivity contribution in [1.29, 1.82) is 0 Å². The van der Waals surface area contributed by atoms with Crippen molar-refractivity contribution >= 4 is 6.09 Å². The summed E-state index contributed by atoms with van der Waals surface area (Å²) < 4.78 is 5.13. The van der Waals surface area contributed by atoms with E-state index in [0.29, 0.717) is 12.2 Å². The second-order valence-electron chi connectivity index (χ2n) is 2.83. The van der Waals surface area contributed by atoms with E-state index in [2.05, 4.69) is 5.32 Å². The summed E-state index contributed by atoms with van der Waals surface area (Å²) in [5.74, 6) is 0. The highest BCUT2D eigenvalue weighted by Gasteiger charge is 2.48. The zero-order valence-electron chi connectivity index (χ0n) is 5.41. The Labute approximate surface area is 58.2 Å². The molecule has 10 heavy (non-hydrogen) atoms. The maximum Gasteiger partial charge on any atom is 0.404 e. The molecule has 0 aromatic heterocycles. The monoisotopic (exact) mass is 143 g/mol. The first-order chi connectivity index (χ1) is 4.75. The summed E-state index contributed by atoms with van der Waals surface area (Å²) in [6.45, 7) is 0. The molecule has 0 aromatic rings. The number of hydrogen-bond donors (Lipinski definition) is 2. The topological polar surface area (TPSA) is 61.9 Å². The third-order valence-electron chi connectivity index (χ3n) is 2.05. The third kappa shape index (κ3) is 0.945. The van der Waals surface area contributed by atoms with E-state index in [1.54, 1.807) is 0 Å². The molecule has 1 amide bonds. The molecule has 2 N–H and O–H groups in total. The van der Waals surface area contributed by atoms with E-state index in [-0.39, 0.29) is 6.04 Å². The second-order valence-corrected chi connectivity index (χ2v) is 2.83. The first kappa shape index (κ1) is 5.97. The molecule has 0 aromatic carbocycles. The summed E-state index contributed by atoms with van der Waals surface area (Å²) >= 11 is 0. The van der Waals surface area contributed by atoms with Crippen LogP contribution in [-0.2, 0) is 4.74 Å². The van der Waals surface area contributed by atoms with Crippen LogP contribution in [0, 0.1) is 0 Å². The van der Waals surface area contributed by atoms with Gasteiger partial charge < -0.3 is 15.2 Å². The Morgan fingerprint density at radius 1 is 1.50 bits per heavy atom. The van der Waals surface area contributed by atoms with Crippen LogP contribution in [0.2, 0.25) is 0 Å². The Balaban J connectivity index is 1.80. The van der Waals surface area contributed by atoms with Gasteiger partial charge in [-0.05, 0) is 12.8 Å². The smallest absolute Gasteiger partial charge is 0.404 e. The van der Waals surface area contributed by atoms with Gasteiger partial charge in [-0.3, -0.25) is 0 Å². The van der Waals surface area contributed by atoms with Crippen LogP contribution in [0.3, 0.4) is 0 Å². The Bertz CT molecular complexity index is 160. The van der Waals surface area contributed by atoms with Gasteiger partial charge in [0.25, 0.3) is 0 Å². The molecule has 1 aliphatic carbocycles. The van der Waals surface area contributed by atoms with Crippen LogP contribution in [0.15, 0.2) is 0 Å². The highest BCUT2D eigenvalue weighted by molar-refractivity contribution is 5.64. The summed E-state index contributed by atoms with van der Waals surface area (Å²) in [4.78, 5) is 10.1. The molecule has 0 radical (unpaired) electrons. The van der Waals surface area contributed by atoms with Crippen LogP contribution in [-0.4, -0.2) is 29.4 Å². The first-order valence-electron chi connectivity index (χ1n) is 3.40. The molecule has 56 valence electrons. The molecule has 2 aliphatic rings. The summed E-state index contributed by atoms with van der Waals surface area (Å²) in [5, 5.41) is 10.8. The lowest BCUT2D eigenvalue weighted by molar-refractivity contribution is 0.185. The SMILES string of the molecule is O=C(O)NC1CC2OC2C1. The van der Waals surface area contributed by atoms with E-state index in [9.17, 15) is 4.79 Å². The standard InChI is InChI=1S/C6H9NO3/c8-6(9)7-3-1-4-5(2-3)10-4/h3-5,7H,1-2H2,(H,8,9). The number of hydrogen-bond acceptors (Lipinski definition) is 2. The largest absolute Gasteiger partial charge is 0.465 e. The van der Waals surface area contributed by atoms with Gasteiger partial charge in [0.2, 0.25) is 0 Å². The van der Waals surface area contributed by atoms with Crippen LogP contribution in [0.25, 0.3) is 0 Å². The van der Waals surface area contributed by atoms with Gasteiger partial charge in [0.05, 0.1) is 12.2 Å². The summed E-state index contributed by atoms with van der Waals surface area (Å²) in [7, 11) is 0. The van der Waals surface area contributed by atoms with Gasteiger partial charge in [-0.2, -0.15) is 0 Å². The summed E-state index contributed by atoms with van der Waals surface area (Å²) in [6, 6.07) is 0.140. The molecule has 2 atom stereocenters. The minimum Gasteiger partial charge on any atom is -0.465 e. The zero-order chi connectivity index (χ0) is 7.14. The number of fused-ring (bicyclic) bond motifs is 1. The number of ether oxygens (including phenoxy) is 1. The molecule has 4 nitrogen and oxygen atoms in total. The van der Waals surface area contributed by atoms with Crippen LogP contribution in [0.5, 0.6) is 0 Å². The molecule has 1 saturated carbocycles. The van der Waals surface area contributed by atoms with Gasteiger partial charge >= 0.3 is 6.09 Å². The highest BCUT2D eigenvalue weighted by atomic mass is 16.6. The van der Waals surface area contributed by atoms with Crippen molar-refractivity contribution in [2.75, 3.05) is 0 Å². The van der Waals surface area contributed by atoms with Gasteiger partial charge in [-0.15, -0.1) is 0 Å². The van der Waals surface area contributed by atoms with Crippen LogP contribution < -0.4 is 5.32 Å². The maximum atomic E-state index is 10.1. The number of carboxylic acid groups (broad SMARTS) is 1. The summed E-state index contributed by atoms with van der Waals surface area (Å²) in [6.07, 6.45) is 1.51. The van der Waals surface area contributed by atoms with Crippen molar-refractivity contribution in [3.05, 3.63) is 0 Å². The predicted octanol–water partition coefficient (Wildman–Crippen LogP) is 0.184. The Morgan fingerprint density at radius 2 is 2.10 bits per heavy atom. The van der Waals surface area contributed by atoms with Crippen LogP contribution in [0.4, 0.5) is 4.79 Å². The molecule has 4 heteroatoms. The Morgan fingerprint density at radius 3 is 2.60 bits per heavy atom. The second kappa shape index (κ2) is 1.85. The molecule has 1 heterocycles. The first-order valence-corrected chi connectivity index (χ1v) is 3.40. The minimum absolute atomic E-state index is 0.140. The minimum atomic E-state index is -0.925. The predicted molar refractivity (Wildman–Crippen MR) is 32.8 cm³/mol. The van der Waals surface area contributed by atoms with Crippen molar-refractivity contribution < 1.29 is 14.6 Å². The zero-order valence-corrected chi connectivity index (χ0v) is 5.41. The van der Waals surface area contributed by atoms with E-state index in [1.165, 1.54) is 0 Å². The Hall–Kier alpha value is -0.770. The van der Waals surface area contributed by atoms with Crippen molar-refractivity contribution in [2.45, 2.75) is 31.1 Å². The summed E-state index contributed by atoms with van der Waals surface area (Å²) in [5.41, 5.74) is 0. The molecule has 2 rings (SSSR count). The number of nitrogens with one attached hydrogen (secondary N) is 1. The molecular formula is C6H9NO3. The number of rotatable bonds is 1. The molecule has 2 unspecified atom stereocenters. The lowest BCUT2D eigenvalue weighted by Crippen LogP contribution is -2.32. The molecule has 1 saturated heterocycles. The third-order valence-corrected chi connectivity index (χ3v) is 2.05. The average molecular weight is 143 g/mol. The van der Waals surface area contributed by atoms with Crippen molar-refractivity contribution in [1.82, 2.24) is 5.32 Å². The quantitative estimate of drug-likeness (QED) is 0.515. The molecule has 1 aliphatic heterocycles. The average Bonchev–Trinajstić information content (AvgIpc) is 2.39.